The number of halogens is 1. The molecule has 0 aliphatic carbocycles. The fourth-order valence-electron chi connectivity index (χ4n) is 2.67. The van der Waals surface area contributed by atoms with Crippen molar-refractivity contribution in [1.29, 1.82) is 0 Å². The monoisotopic (exact) mass is 373 g/mol. The Kier molecular flexibility index (Phi) is 4.88. The molecule has 0 radical (unpaired) electrons. The zero-order valence-corrected chi connectivity index (χ0v) is 14.8. The largest absolute Gasteiger partial charge is 0.350 e. The summed E-state index contributed by atoms with van der Waals surface area (Å²) in [7, 11) is 0. The summed E-state index contributed by atoms with van der Waals surface area (Å²) in [5.74, 6) is 0.0888. The Morgan fingerprint density at radius 1 is 1.00 bits per heavy atom. The van der Waals surface area contributed by atoms with E-state index in [4.69, 9.17) is 0 Å². The van der Waals surface area contributed by atoms with Crippen LogP contribution in [-0.4, -0.2) is 25.7 Å². The van der Waals surface area contributed by atoms with Crippen molar-refractivity contribution in [2.24, 2.45) is 0 Å². The van der Waals surface area contributed by atoms with Crippen LogP contribution in [0.3, 0.4) is 0 Å². The number of carbonyl (C=O) groups excluding carboxylic acids is 1. The second-order valence-corrected chi connectivity index (χ2v) is 6.06. The number of carbonyl (C=O) groups is 1. The van der Waals surface area contributed by atoms with Crippen LogP contribution in [-0.2, 0) is 6.54 Å². The minimum absolute atomic E-state index is 0.301. The van der Waals surface area contributed by atoms with Gasteiger partial charge in [0.15, 0.2) is 5.82 Å². The van der Waals surface area contributed by atoms with Gasteiger partial charge in [0.05, 0.1) is 0 Å². The summed E-state index contributed by atoms with van der Waals surface area (Å²) in [6.07, 6.45) is 3.29. The molecular weight excluding hydrogens is 357 g/mol. The third kappa shape index (κ3) is 3.78. The Bertz CT molecular complexity index is 1080. The van der Waals surface area contributed by atoms with Gasteiger partial charge in [-0.3, -0.25) is 9.78 Å². The van der Waals surface area contributed by atoms with Crippen molar-refractivity contribution in [3.8, 4) is 11.4 Å². The van der Waals surface area contributed by atoms with E-state index >= 15 is 0 Å². The van der Waals surface area contributed by atoms with E-state index in [0.29, 0.717) is 29.4 Å². The highest BCUT2D eigenvalue weighted by molar-refractivity contribution is 5.97. The van der Waals surface area contributed by atoms with E-state index in [1.807, 2.05) is 12.1 Å². The third-order valence-corrected chi connectivity index (χ3v) is 4.10. The lowest BCUT2D eigenvalue weighted by atomic mass is 10.2. The molecule has 4 aromatic rings. The lowest BCUT2D eigenvalue weighted by molar-refractivity contribution is 0.0947. The quantitative estimate of drug-likeness (QED) is 0.576. The number of nitrogens with one attached hydrogen (secondary N) is 1. The zero-order chi connectivity index (χ0) is 19.3. The minimum atomic E-state index is -0.301. The van der Waals surface area contributed by atoms with E-state index in [1.54, 1.807) is 54.9 Å². The second-order valence-electron chi connectivity index (χ2n) is 6.06. The van der Waals surface area contributed by atoms with Crippen LogP contribution >= 0.6 is 0 Å². The standard InChI is InChI=1S/C21H16FN5O/c22-18-10-8-15(9-11-18)13-24-21-25-19(17-7-4-12-23-14-17)26-27(21)20(28)16-5-2-1-3-6-16/h1-12,14H,13H2,(H,24,25,26). The van der Waals surface area contributed by atoms with Gasteiger partial charge in [0.25, 0.3) is 5.91 Å². The molecule has 6 nitrogen and oxygen atoms in total. The molecule has 0 aliphatic rings. The first-order chi connectivity index (χ1) is 13.7. The normalized spacial score (nSPS) is 10.6. The Labute approximate surface area is 160 Å². The van der Waals surface area contributed by atoms with Gasteiger partial charge in [-0.15, -0.1) is 5.10 Å². The summed E-state index contributed by atoms with van der Waals surface area (Å²) in [6, 6.07) is 18.6. The summed E-state index contributed by atoms with van der Waals surface area (Å²) in [5, 5.41) is 7.49. The lowest BCUT2D eigenvalue weighted by Gasteiger charge is -2.07. The van der Waals surface area contributed by atoms with Crippen LogP contribution in [0, 0.1) is 5.82 Å². The Balaban J connectivity index is 1.67. The van der Waals surface area contributed by atoms with Crippen LogP contribution in [0.5, 0.6) is 0 Å². The second kappa shape index (κ2) is 7.79. The molecule has 2 aromatic carbocycles. The van der Waals surface area contributed by atoms with Crippen molar-refractivity contribution in [3.63, 3.8) is 0 Å². The van der Waals surface area contributed by atoms with Crippen molar-refractivity contribution in [2.75, 3.05) is 5.32 Å². The molecule has 0 amide bonds. The number of hydrogen-bond acceptors (Lipinski definition) is 5. The highest BCUT2D eigenvalue weighted by Crippen LogP contribution is 2.18. The predicted molar refractivity (Wildman–Crippen MR) is 103 cm³/mol. The molecule has 2 heterocycles. The molecule has 7 heteroatoms. The van der Waals surface area contributed by atoms with Crippen LogP contribution in [0.4, 0.5) is 10.3 Å². The van der Waals surface area contributed by atoms with Crippen molar-refractivity contribution in [1.82, 2.24) is 19.7 Å². The Morgan fingerprint density at radius 3 is 2.50 bits per heavy atom. The first kappa shape index (κ1) is 17.5. The molecule has 0 saturated carbocycles. The first-order valence-corrected chi connectivity index (χ1v) is 8.66. The number of rotatable bonds is 5. The molecule has 0 fully saturated rings. The van der Waals surface area contributed by atoms with Gasteiger partial charge in [0, 0.05) is 30.1 Å². The first-order valence-electron chi connectivity index (χ1n) is 8.66. The van der Waals surface area contributed by atoms with Gasteiger partial charge in [0.1, 0.15) is 5.82 Å². The molecule has 0 unspecified atom stereocenters. The van der Waals surface area contributed by atoms with E-state index in [1.165, 1.54) is 16.8 Å². The van der Waals surface area contributed by atoms with Crippen molar-refractivity contribution >= 4 is 11.9 Å². The number of nitrogens with zero attached hydrogens (tertiary/aromatic N) is 4. The van der Waals surface area contributed by atoms with Crippen LogP contribution < -0.4 is 5.32 Å². The number of anilines is 1. The Hall–Kier alpha value is -3.87. The minimum Gasteiger partial charge on any atom is -0.350 e. The summed E-state index contributed by atoms with van der Waals surface area (Å²) >= 11 is 0. The molecule has 0 spiro atoms. The van der Waals surface area contributed by atoms with Crippen LogP contribution in [0.1, 0.15) is 15.9 Å². The molecule has 0 bridgehead atoms. The fourth-order valence-corrected chi connectivity index (χ4v) is 2.67. The summed E-state index contributed by atoms with van der Waals surface area (Å²) in [4.78, 5) is 21.5. The fraction of sp³-hybridized carbons (Fsp3) is 0.0476. The Morgan fingerprint density at radius 2 is 1.79 bits per heavy atom. The molecule has 28 heavy (non-hydrogen) atoms. The molecule has 138 valence electrons. The highest BCUT2D eigenvalue weighted by atomic mass is 19.1. The number of pyridine rings is 1. The lowest BCUT2D eigenvalue weighted by Crippen LogP contribution is -2.17. The van der Waals surface area contributed by atoms with Crippen LogP contribution in [0.25, 0.3) is 11.4 Å². The van der Waals surface area contributed by atoms with E-state index in [-0.39, 0.29) is 11.7 Å². The summed E-state index contributed by atoms with van der Waals surface area (Å²) in [5.41, 5.74) is 2.05. The van der Waals surface area contributed by atoms with Gasteiger partial charge in [-0.1, -0.05) is 30.3 Å². The molecule has 0 atom stereocenters. The SMILES string of the molecule is O=C(c1ccccc1)n1nc(-c2cccnc2)nc1NCc1ccc(F)cc1. The number of benzene rings is 2. The van der Waals surface area contributed by atoms with Gasteiger partial charge in [-0.05, 0) is 42.0 Å². The average molecular weight is 373 g/mol. The van der Waals surface area contributed by atoms with Gasteiger partial charge < -0.3 is 5.32 Å². The van der Waals surface area contributed by atoms with Gasteiger partial charge in [-0.2, -0.15) is 9.67 Å². The van der Waals surface area contributed by atoms with E-state index in [2.05, 4.69) is 20.4 Å². The maximum atomic E-state index is 13.1. The smallest absolute Gasteiger partial charge is 0.281 e. The van der Waals surface area contributed by atoms with Gasteiger partial charge in [0.2, 0.25) is 5.95 Å². The van der Waals surface area contributed by atoms with E-state index in [9.17, 15) is 9.18 Å². The van der Waals surface area contributed by atoms with E-state index < -0.39 is 0 Å². The summed E-state index contributed by atoms with van der Waals surface area (Å²) in [6.45, 7) is 0.369. The van der Waals surface area contributed by atoms with Gasteiger partial charge in [-0.25, -0.2) is 4.39 Å². The third-order valence-electron chi connectivity index (χ3n) is 4.10. The predicted octanol–water partition coefficient (Wildman–Crippen LogP) is 3.78. The zero-order valence-electron chi connectivity index (χ0n) is 14.8. The van der Waals surface area contributed by atoms with Crippen molar-refractivity contribution < 1.29 is 9.18 Å². The van der Waals surface area contributed by atoms with Crippen molar-refractivity contribution in [2.45, 2.75) is 6.54 Å². The molecule has 0 saturated heterocycles. The van der Waals surface area contributed by atoms with Crippen LogP contribution in [0.2, 0.25) is 0 Å². The maximum Gasteiger partial charge on any atom is 0.281 e. The number of hydrogen-bond donors (Lipinski definition) is 1. The molecular formula is C21H16FN5O. The number of aromatic nitrogens is 4. The van der Waals surface area contributed by atoms with Crippen molar-refractivity contribution in [3.05, 3.63) is 96.1 Å². The highest BCUT2D eigenvalue weighted by Gasteiger charge is 2.18. The molecule has 0 aliphatic heterocycles. The molecule has 2 aromatic heterocycles. The molecule has 4 rings (SSSR count). The average Bonchev–Trinajstić information content (AvgIpc) is 3.18. The van der Waals surface area contributed by atoms with Crippen LogP contribution in [0.15, 0.2) is 79.1 Å². The molecule has 1 N–H and O–H groups in total. The topological polar surface area (TPSA) is 72.7 Å². The van der Waals surface area contributed by atoms with E-state index in [0.717, 1.165) is 5.56 Å². The van der Waals surface area contributed by atoms with Gasteiger partial charge >= 0.3 is 0 Å². The summed E-state index contributed by atoms with van der Waals surface area (Å²) < 4.78 is 14.3. The maximum absolute atomic E-state index is 13.1.